The van der Waals surface area contributed by atoms with E-state index in [-0.39, 0.29) is 0 Å². The lowest BCUT2D eigenvalue weighted by molar-refractivity contribution is 1.08. The second-order valence-corrected chi connectivity index (χ2v) is 5.54. The van der Waals surface area contributed by atoms with Crippen LogP contribution in [0.4, 0.5) is 5.69 Å². The summed E-state index contributed by atoms with van der Waals surface area (Å²) >= 11 is 1.96. The third-order valence-electron chi connectivity index (χ3n) is 3.33. The van der Waals surface area contributed by atoms with Crippen LogP contribution in [0.1, 0.15) is 11.1 Å². The number of rotatable bonds is 0. The molecule has 4 rings (SSSR count). The maximum Gasteiger partial charge on any atom is 0.0609 e. The standard InChI is InChI=1S/C12H10N2S/c13-5-1-2-6-7(3-5)8-4-9(14)11-12(15-11)10(6)8/h1-4,11-12H,13-14H2. The van der Waals surface area contributed by atoms with Gasteiger partial charge in [0.25, 0.3) is 0 Å². The predicted molar refractivity (Wildman–Crippen MR) is 65.1 cm³/mol. The minimum atomic E-state index is 0.550. The van der Waals surface area contributed by atoms with E-state index < -0.39 is 0 Å². The Morgan fingerprint density at radius 1 is 1.07 bits per heavy atom. The van der Waals surface area contributed by atoms with Crippen molar-refractivity contribution in [1.29, 1.82) is 0 Å². The molecule has 1 aromatic carbocycles. The molecule has 1 aliphatic heterocycles. The van der Waals surface area contributed by atoms with Gasteiger partial charge in [-0.05, 0) is 40.5 Å². The highest BCUT2D eigenvalue weighted by Gasteiger charge is 2.50. The van der Waals surface area contributed by atoms with Crippen molar-refractivity contribution in [2.75, 3.05) is 5.73 Å². The first kappa shape index (κ1) is 7.88. The molecule has 0 aromatic heterocycles. The van der Waals surface area contributed by atoms with Crippen LogP contribution in [0.15, 0.2) is 30.0 Å². The molecule has 0 amide bonds. The summed E-state index contributed by atoms with van der Waals surface area (Å²) < 4.78 is 0. The Hall–Kier alpha value is -1.35. The molecule has 74 valence electrons. The van der Waals surface area contributed by atoms with Gasteiger partial charge in [0.1, 0.15) is 0 Å². The van der Waals surface area contributed by atoms with Crippen molar-refractivity contribution in [2.24, 2.45) is 5.73 Å². The van der Waals surface area contributed by atoms with Crippen LogP contribution in [-0.4, -0.2) is 10.5 Å². The summed E-state index contributed by atoms with van der Waals surface area (Å²) in [5.74, 6) is 0. The van der Waals surface area contributed by atoms with Crippen molar-refractivity contribution in [3.8, 4) is 0 Å². The Morgan fingerprint density at radius 2 is 1.93 bits per heavy atom. The SMILES string of the molecule is NC1=CC2=C(c3ccc(N)cc32)C2SC12. The van der Waals surface area contributed by atoms with Gasteiger partial charge in [-0.2, -0.15) is 0 Å². The van der Waals surface area contributed by atoms with Gasteiger partial charge in [-0.1, -0.05) is 6.07 Å². The molecule has 3 aliphatic rings. The summed E-state index contributed by atoms with van der Waals surface area (Å²) in [6, 6.07) is 6.16. The van der Waals surface area contributed by atoms with E-state index in [1.807, 2.05) is 23.9 Å². The first-order chi connectivity index (χ1) is 7.25. The van der Waals surface area contributed by atoms with E-state index in [9.17, 15) is 0 Å². The number of nitrogen functional groups attached to an aromatic ring is 1. The molecule has 0 spiro atoms. The minimum Gasteiger partial charge on any atom is -0.401 e. The normalized spacial score (nSPS) is 29.7. The number of hydrogen-bond donors (Lipinski definition) is 2. The van der Waals surface area contributed by atoms with Gasteiger partial charge in [-0.3, -0.25) is 0 Å². The molecular weight excluding hydrogens is 204 g/mol. The van der Waals surface area contributed by atoms with Gasteiger partial charge in [-0.25, -0.2) is 0 Å². The molecule has 0 saturated carbocycles. The van der Waals surface area contributed by atoms with Crippen LogP contribution in [0.5, 0.6) is 0 Å². The summed E-state index contributed by atoms with van der Waals surface area (Å²) in [6.45, 7) is 0. The lowest BCUT2D eigenvalue weighted by atomic mass is 9.75. The molecule has 1 saturated heterocycles. The second kappa shape index (κ2) is 2.25. The van der Waals surface area contributed by atoms with Crippen molar-refractivity contribution in [2.45, 2.75) is 10.5 Å². The third-order valence-corrected chi connectivity index (χ3v) is 4.65. The quantitative estimate of drug-likeness (QED) is 0.512. The van der Waals surface area contributed by atoms with Crippen LogP contribution in [0.2, 0.25) is 0 Å². The minimum absolute atomic E-state index is 0.550. The molecule has 2 aliphatic carbocycles. The van der Waals surface area contributed by atoms with Crippen molar-refractivity contribution < 1.29 is 0 Å². The third kappa shape index (κ3) is 0.827. The zero-order chi connectivity index (χ0) is 10.2. The fourth-order valence-electron chi connectivity index (χ4n) is 2.54. The monoisotopic (exact) mass is 214 g/mol. The lowest BCUT2D eigenvalue weighted by Gasteiger charge is -2.29. The van der Waals surface area contributed by atoms with Gasteiger partial charge in [0.05, 0.1) is 5.25 Å². The maximum absolute atomic E-state index is 5.98. The van der Waals surface area contributed by atoms with Crippen LogP contribution in [0.3, 0.4) is 0 Å². The van der Waals surface area contributed by atoms with E-state index in [1.54, 1.807) is 0 Å². The van der Waals surface area contributed by atoms with E-state index in [2.05, 4.69) is 12.1 Å². The average molecular weight is 214 g/mol. The summed E-state index contributed by atoms with van der Waals surface area (Å²) in [5.41, 5.74) is 19.1. The van der Waals surface area contributed by atoms with Crippen LogP contribution in [-0.2, 0) is 0 Å². The van der Waals surface area contributed by atoms with Gasteiger partial charge >= 0.3 is 0 Å². The smallest absolute Gasteiger partial charge is 0.0609 e. The highest BCUT2D eigenvalue weighted by Crippen LogP contribution is 2.61. The van der Waals surface area contributed by atoms with Crippen LogP contribution in [0.25, 0.3) is 11.1 Å². The van der Waals surface area contributed by atoms with Crippen LogP contribution in [0, 0.1) is 0 Å². The maximum atomic E-state index is 5.98. The van der Waals surface area contributed by atoms with Crippen molar-refractivity contribution in [3.63, 3.8) is 0 Å². The van der Waals surface area contributed by atoms with Crippen LogP contribution >= 0.6 is 11.8 Å². The summed E-state index contributed by atoms with van der Waals surface area (Å²) in [4.78, 5) is 0. The van der Waals surface area contributed by atoms with Gasteiger partial charge in [-0.15, -0.1) is 11.8 Å². The molecule has 1 aromatic rings. The van der Waals surface area contributed by atoms with Crippen LogP contribution < -0.4 is 11.5 Å². The molecule has 2 nitrogen and oxygen atoms in total. The lowest BCUT2D eigenvalue weighted by Crippen LogP contribution is -2.20. The fourth-order valence-corrected chi connectivity index (χ4v) is 3.68. The molecule has 0 radical (unpaired) electrons. The molecule has 4 N–H and O–H groups in total. The van der Waals surface area contributed by atoms with E-state index in [0.29, 0.717) is 10.5 Å². The van der Waals surface area contributed by atoms with Gasteiger partial charge < -0.3 is 11.5 Å². The average Bonchev–Trinajstić information content (AvgIpc) is 2.97. The van der Waals surface area contributed by atoms with Crippen molar-refractivity contribution >= 4 is 28.6 Å². The Balaban J connectivity index is 1.93. The molecule has 2 unspecified atom stereocenters. The number of hydrogen-bond acceptors (Lipinski definition) is 3. The molecular formula is C12H10N2S. The number of fused-ring (bicyclic) bond motifs is 5. The molecule has 2 atom stereocenters. The second-order valence-electron chi connectivity index (χ2n) is 4.25. The highest BCUT2D eigenvalue weighted by atomic mass is 32.2. The molecule has 1 fully saturated rings. The Kier molecular flexibility index (Phi) is 1.18. The Bertz CT molecular complexity index is 557. The van der Waals surface area contributed by atoms with E-state index >= 15 is 0 Å². The van der Waals surface area contributed by atoms with E-state index in [1.165, 1.54) is 22.3 Å². The van der Waals surface area contributed by atoms with Crippen molar-refractivity contribution in [3.05, 3.63) is 41.1 Å². The van der Waals surface area contributed by atoms with E-state index in [0.717, 1.165) is 11.4 Å². The van der Waals surface area contributed by atoms with Gasteiger partial charge in [0.15, 0.2) is 0 Å². The molecule has 1 heterocycles. The summed E-state index contributed by atoms with van der Waals surface area (Å²) in [5, 5.41) is 1.18. The molecule has 0 bridgehead atoms. The number of benzene rings is 1. The van der Waals surface area contributed by atoms with Gasteiger partial charge in [0, 0.05) is 16.6 Å². The topological polar surface area (TPSA) is 52.0 Å². The Labute approximate surface area is 92.0 Å². The highest BCUT2D eigenvalue weighted by molar-refractivity contribution is 8.08. The van der Waals surface area contributed by atoms with Crippen molar-refractivity contribution in [1.82, 2.24) is 0 Å². The Morgan fingerprint density at radius 3 is 2.80 bits per heavy atom. The number of nitrogens with two attached hydrogens (primary N) is 2. The summed E-state index contributed by atoms with van der Waals surface area (Å²) in [7, 11) is 0. The molecule has 15 heavy (non-hydrogen) atoms. The number of allylic oxidation sites excluding steroid dienone is 2. The fraction of sp³-hybridized carbons (Fsp3) is 0.167. The summed E-state index contributed by atoms with van der Waals surface area (Å²) in [6.07, 6.45) is 2.12. The number of anilines is 1. The van der Waals surface area contributed by atoms with Gasteiger partial charge in [0.2, 0.25) is 0 Å². The number of thioether (sulfide) groups is 1. The molecule has 3 heteroatoms. The zero-order valence-electron chi connectivity index (χ0n) is 8.03. The predicted octanol–water partition coefficient (Wildman–Crippen LogP) is 1.83. The first-order valence-electron chi connectivity index (χ1n) is 5.02. The zero-order valence-corrected chi connectivity index (χ0v) is 8.84. The largest absolute Gasteiger partial charge is 0.401 e. The van der Waals surface area contributed by atoms with E-state index in [4.69, 9.17) is 11.5 Å². The first-order valence-corrected chi connectivity index (χ1v) is 5.97.